The summed E-state index contributed by atoms with van der Waals surface area (Å²) in [5, 5.41) is 2.85. The molecule has 6 nitrogen and oxygen atoms in total. The number of nitrogens with zero attached hydrogens (tertiary/aromatic N) is 1. The Morgan fingerprint density at radius 2 is 1.93 bits per heavy atom. The first-order valence-electron chi connectivity index (χ1n) is 9.11. The maximum Gasteiger partial charge on any atom is 0.262 e. The third-order valence-corrected chi connectivity index (χ3v) is 4.44. The zero-order valence-corrected chi connectivity index (χ0v) is 15.7. The molecule has 1 N–H and O–H groups in total. The molecule has 2 amide bonds. The second kappa shape index (κ2) is 8.58. The minimum atomic E-state index is -0.252. The molecule has 1 aliphatic rings. The van der Waals surface area contributed by atoms with Gasteiger partial charge in [-0.1, -0.05) is 19.1 Å². The summed E-state index contributed by atoms with van der Waals surface area (Å²) in [4.78, 5) is 26.2. The number of hydrogen-bond acceptors (Lipinski definition) is 4. The summed E-state index contributed by atoms with van der Waals surface area (Å²) in [6, 6.07) is 12.9. The molecule has 1 heterocycles. The molecule has 2 aromatic carbocycles. The van der Waals surface area contributed by atoms with E-state index in [4.69, 9.17) is 9.47 Å². The molecule has 6 heteroatoms. The number of ether oxygens (including phenoxy) is 2. The van der Waals surface area contributed by atoms with E-state index in [2.05, 4.69) is 12.2 Å². The number of hydrogen-bond donors (Lipinski definition) is 1. The maximum absolute atomic E-state index is 12.2. The molecule has 1 aliphatic heterocycles. The van der Waals surface area contributed by atoms with Gasteiger partial charge in [0.2, 0.25) is 5.91 Å². The summed E-state index contributed by atoms with van der Waals surface area (Å²) in [6.07, 6.45) is 2.10. The van der Waals surface area contributed by atoms with Crippen molar-refractivity contribution < 1.29 is 19.1 Å². The molecule has 0 saturated carbocycles. The fraction of sp³-hybridized carbons (Fsp3) is 0.333. The van der Waals surface area contributed by atoms with Gasteiger partial charge in [-0.05, 0) is 48.7 Å². The number of rotatable bonds is 7. The minimum absolute atomic E-state index is 0.113. The largest absolute Gasteiger partial charge is 0.493 e. The molecule has 0 spiro atoms. The van der Waals surface area contributed by atoms with Crippen LogP contribution in [0.2, 0.25) is 0 Å². The number of benzene rings is 2. The van der Waals surface area contributed by atoms with Crippen LogP contribution < -0.4 is 19.7 Å². The minimum Gasteiger partial charge on any atom is -0.493 e. The van der Waals surface area contributed by atoms with Gasteiger partial charge in [0, 0.05) is 24.3 Å². The van der Waals surface area contributed by atoms with Crippen LogP contribution in [-0.4, -0.2) is 32.1 Å². The molecule has 142 valence electrons. The second-order valence-electron chi connectivity index (χ2n) is 6.38. The number of nitrogens with one attached hydrogen (secondary N) is 1. The lowest BCUT2D eigenvalue weighted by molar-refractivity contribution is -0.119. The Labute approximate surface area is 159 Å². The average Bonchev–Trinajstić information content (AvgIpc) is 2.69. The fourth-order valence-corrected chi connectivity index (χ4v) is 3.18. The van der Waals surface area contributed by atoms with Gasteiger partial charge >= 0.3 is 0 Å². The Bertz CT molecular complexity index is 835. The van der Waals surface area contributed by atoms with Crippen molar-refractivity contribution in [1.29, 1.82) is 0 Å². The van der Waals surface area contributed by atoms with E-state index in [0.717, 1.165) is 17.7 Å². The van der Waals surface area contributed by atoms with Crippen LogP contribution in [0.15, 0.2) is 42.5 Å². The van der Waals surface area contributed by atoms with Crippen molar-refractivity contribution in [3.8, 4) is 11.5 Å². The third-order valence-electron chi connectivity index (χ3n) is 4.44. The summed E-state index contributed by atoms with van der Waals surface area (Å²) >= 11 is 0. The molecule has 0 aliphatic carbocycles. The Kier molecular flexibility index (Phi) is 5.96. The number of para-hydroxylation sites is 2. The normalized spacial score (nSPS) is 13.1. The quantitative estimate of drug-likeness (QED) is 0.813. The Hall–Kier alpha value is -3.02. The van der Waals surface area contributed by atoms with Crippen LogP contribution in [0.5, 0.6) is 11.5 Å². The molecule has 0 unspecified atom stereocenters. The summed E-state index contributed by atoms with van der Waals surface area (Å²) in [7, 11) is 1.56. The zero-order chi connectivity index (χ0) is 19.2. The summed E-state index contributed by atoms with van der Waals surface area (Å²) in [5.41, 5.74) is 2.72. The van der Waals surface area contributed by atoms with Crippen LogP contribution in [0.3, 0.4) is 0 Å². The zero-order valence-electron chi connectivity index (χ0n) is 15.7. The standard InChI is InChI=1S/C21H24N2O4/c1-3-12-23-17-10-9-16(13-15(17)8-11-21(23)25)22-20(24)14-27-19-7-5-4-6-18(19)26-2/h4-7,9-10,13H,3,8,11-12,14H2,1-2H3,(H,22,24). The third kappa shape index (κ3) is 4.39. The monoisotopic (exact) mass is 368 g/mol. The van der Waals surface area contributed by atoms with Crippen molar-refractivity contribution in [3.63, 3.8) is 0 Å². The van der Waals surface area contributed by atoms with E-state index in [1.54, 1.807) is 19.2 Å². The Morgan fingerprint density at radius 3 is 2.67 bits per heavy atom. The van der Waals surface area contributed by atoms with Crippen molar-refractivity contribution in [3.05, 3.63) is 48.0 Å². The SMILES string of the molecule is CCCN1C(=O)CCc2cc(NC(=O)COc3ccccc3OC)ccc21. The molecule has 0 fully saturated rings. The Balaban J connectivity index is 1.64. The first-order valence-corrected chi connectivity index (χ1v) is 9.11. The van der Waals surface area contributed by atoms with Crippen LogP contribution in [0, 0.1) is 0 Å². The van der Waals surface area contributed by atoms with Gasteiger partial charge in [-0.15, -0.1) is 0 Å². The van der Waals surface area contributed by atoms with E-state index in [9.17, 15) is 9.59 Å². The number of fused-ring (bicyclic) bond motifs is 1. The molecular formula is C21H24N2O4. The molecule has 27 heavy (non-hydrogen) atoms. The number of anilines is 2. The lowest BCUT2D eigenvalue weighted by Gasteiger charge is -2.29. The number of aryl methyl sites for hydroxylation is 1. The first-order chi connectivity index (χ1) is 13.1. The highest BCUT2D eigenvalue weighted by atomic mass is 16.5. The van der Waals surface area contributed by atoms with Crippen molar-refractivity contribution >= 4 is 23.2 Å². The van der Waals surface area contributed by atoms with Gasteiger partial charge in [0.1, 0.15) is 0 Å². The highest BCUT2D eigenvalue weighted by Crippen LogP contribution is 2.30. The van der Waals surface area contributed by atoms with E-state index in [0.29, 0.717) is 36.6 Å². The van der Waals surface area contributed by atoms with Crippen molar-refractivity contribution in [1.82, 2.24) is 0 Å². The molecule has 0 aromatic heterocycles. The number of methoxy groups -OCH3 is 1. The van der Waals surface area contributed by atoms with Crippen molar-refractivity contribution in [2.24, 2.45) is 0 Å². The topological polar surface area (TPSA) is 67.9 Å². The highest BCUT2D eigenvalue weighted by Gasteiger charge is 2.23. The molecule has 2 aromatic rings. The lowest BCUT2D eigenvalue weighted by atomic mass is 10.00. The molecule has 0 bridgehead atoms. The highest BCUT2D eigenvalue weighted by molar-refractivity contribution is 5.97. The van der Waals surface area contributed by atoms with Crippen LogP contribution >= 0.6 is 0 Å². The molecular weight excluding hydrogens is 344 g/mol. The van der Waals surface area contributed by atoms with Crippen LogP contribution in [0.4, 0.5) is 11.4 Å². The Morgan fingerprint density at radius 1 is 1.15 bits per heavy atom. The molecule has 0 atom stereocenters. The molecule has 3 rings (SSSR count). The van der Waals surface area contributed by atoms with Gasteiger partial charge in [0.25, 0.3) is 5.91 Å². The van der Waals surface area contributed by atoms with E-state index < -0.39 is 0 Å². The maximum atomic E-state index is 12.2. The van der Waals surface area contributed by atoms with Gasteiger partial charge in [0.15, 0.2) is 18.1 Å². The predicted molar refractivity (Wildman–Crippen MR) is 105 cm³/mol. The summed E-state index contributed by atoms with van der Waals surface area (Å²) in [6.45, 7) is 2.65. The average molecular weight is 368 g/mol. The predicted octanol–water partition coefficient (Wildman–Crippen LogP) is 3.40. The van der Waals surface area contributed by atoms with E-state index in [1.165, 1.54) is 0 Å². The number of carbonyl (C=O) groups excluding carboxylic acids is 2. The van der Waals surface area contributed by atoms with E-state index >= 15 is 0 Å². The number of carbonyl (C=O) groups is 2. The van der Waals surface area contributed by atoms with Crippen molar-refractivity contribution in [2.45, 2.75) is 26.2 Å². The molecule has 0 saturated heterocycles. The van der Waals surface area contributed by atoms with Gasteiger partial charge in [-0.25, -0.2) is 0 Å². The van der Waals surface area contributed by atoms with E-state index in [-0.39, 0.29) is 18.4 Å². The van der Waals surface area contributed by atoms with E-state index in [1.807, 2.05) is 35.2 Å². The summed E-state index contributed by atoms with van der Waals surface area (Å²) < 4.78 is 10.8. The summed E-state index contributed by atoms with van der Waals surface area (Å²) in [5.74, 6) is 1.01. The first kappa shape index (κ1) is 18.8. The van der Waals surface area contributed by atoms with Gasteiger partial charge < -0.3 is 19.7 Å². The smallest absolute Gasteiger partial charge is 0.262 e. The van der Waals surface area contributed by atoms with Crippen LogP contribution in [0.25, 0.3) is 0 Å². The van der Waals surface area contributed by atoms with Gasteiger partial charge in [-0.3, -0.25) is 9.59 Å². The fourth-order valence-electron chi connectivity index (χ4n) is 3.18. The number of amides is 2. The van der Waals surface area contributed by atoms with Gasteiger partial charge in [-0.2, -0.15) is 0 Å². The van der Waals surface area contributed by atoms with Crippen LogP contribution in [-0.2, 0) is 16.0 Å². The molecule has 0 radical (unpaired) electrons. The van der Waals surface area contributed by atoms with Gasteiger partial charge in [0.05, 0.1) is 7.11 Å². The van der Waals surface area contributed by atoms with Crippen molar-refractivity contribution in [2.75, 3.05) is 30.5 Å². The van der Waals surface area contributed by atoms with Crippen LogP contribution in [0.1, 0.15) is 25.3 Å². The second-order valence-corrected chi connectivity index (χ2v) is 6.38. The lowest BCUT2D eigenvalue weighted by Crippen LogP contribution is -2.35.